The third kappa shape index (κ3) is 8.38. The number of carbonyl (C=O) groups is 3. The number of unbranched alkanes of at least 4 members (excludes halogenated alkanes) is 1. The summed E-state index contributed by atoms with van der Waals surface area (Å²) in [6.45, 7) is 7.12. The Morgan fingerprint density at radius 3 is 2.57 bits per heavy atom. The molecule has 1 aliphatic heterocycles. The fourth-order valence-electron chi connectivity index (χ4n) is 4.12. The van der Waals surface area contributed by atoms with Crippen LogP contribution in [0, 0.1) is 0 Å². The molecule has 0 saturated heterocycles. The van der Waals surface area contributed by atoms with Gasteiger partial charge in [-0.25, -0.2) is 4.98 Å². The molecule has 2 aromatic rings. The highest BCUT2D eigenvalue weighted by molar-refractivity contribution is 5.92. The van der Waals surface area contributed by atoms with E-state index in [0.29, 0.717) is 19.5 Å². The highest BCUT2D eigenvalue weighted by Crippen LogP contribution is 2.30. The summed E-state index contributed by atoms with van der Waals surface area (Å²) >= 11 is 0. The van der Waals surface area contributed by atoms with Crippen molar-refractivity contribution in [2.45, 2.75) is 58.0 Å². The molecule has 0 fully saturated rings. The predicted molar refractivity (Wildman–Crippen MR) is 135 cm³/mol. The number of aromatic nitrogens is 1. The van der Waals surface area contributed by atoms with E-state index in [1.165, 1.54) is 0 Å². The Kier molecular flexibility index (Phi) is 9.23. The summed E-state index contributed by atoms with van der Waals surface area (Å²) in [6, 6.07) is 13.4. The van der Waals surface area contributed by atoms with Gasteiger partial charge in [0.15, 0.2) is 0 Å². The normalized spacial score (nSPS) is 15.7. The fourth-order valence-corrected chi connectivity index (χ4v) is 4.12. The molecule has 0 saturated carbocycles. The van der Waals surface area contributed by atoms with Gasteiger partial charge in [-0.15, -0.1) is 0 Å². The van der Waals surface area contributed by atoms with Crippen molar-refractivity contribution in [3.05, 3.63) is 59.8 Å². The van der Waals surface area contributed by atoms with Gasteiger partial charge in [0.25, 0.3) is 0 Å². The van der Waals surface area contributed by atoms with E-state index in [0.717, 1.165) is 36.3 Å². The van der Waals surface area contributed by atoms with Crippen LogP contribution in [0.15, 0.2) is 48.7 Å². The molecular formula is C27H36N4O4. The van der Waals surface area contributed by atoms with Crippen LogP contribution in [-0.2, 0) is 25.5 Å². The van der Waals surface area contributed by atoms with Crippen molar-refractivity contribution < 1.29 is 19.1 Å². The molecule has 2 amide bonds. The standard InChI is InChI=1S/C27H36N4O4/c1-27(2,3)35-25(33)18-22-21-11-5-4-10-20(21)13-17-31(26(22)34)19-24(32)30-16-9-8-15-29-23-12-6-7-14-28-23/h4-7,10-12,14,22H,8-9,13,15-19H2,1-3H3,(H,28,29)(H,30,32). The van der Waals surface area contributed by atoms with E-state index in [2.05, 4.69) is 15.6 Å². The lowest BCUT2D eigenvalue weighted by Gasteiger charge is -2.25. The lowest BCUT2D eigenvalue weighted by molar-refractivity contribution is -0.157. The number of ether oxygens (including phenoxy) is 1. The van der Waals surface area contributed by atoms with Crippen LogP contribution in [0.25, 0.3) is 0 Å². The van der Waals surface area contributed by atoms with Gasteiger partial charge in [0.05, 0.1) is 18.9 Å². The number of rotatable bonds is 10. The highest BCUT2D eigenvalue weighted by atomic mass is 16.6. The summed E-state index contributed by atoms with van der Waals surface area (Å²) in [4.78, 5) is 44.3. The van der Waals surface area contributed by atoms with Gasteiger partial charge < -0.3 is 20.3 Å². The molecule has 188 valence electrons. The van der Waals surface area contributed by atoms with Crippen molar-refractivity contribution in [3.63, 3.8) is 0 Å². The number of nitrogens with one attached hydrogen (secondary N) is 2. The summed E-state index contributed by atoms with van der Waals surface area (Å²) in [7, 11) is 0. The zero-order valence-corrected chi connectivity index (χ0v) is 20.9. The third-order valence-corrected chi connectivity index (χ3v) is 5.71. The molecule has 0 spiro atoms. The largest absolute Gasteiger partial charge is 0.460 e. The number of anilines is 1. The number of nitrogens with zero attached hydrogens (tertiary/aromatic N) is 2. The molecule has 2 heterocycles. The van der Waals surface area contributed by atoms with Gasteiger partial charge in [-0.3, -0.25) is 14.4 Å². The van der Waals surface area contributed by atoms with Crippen LogP contribution in [0.2, 0.25) is 0 Å². The lowest BCUT2D eigenvalue weighted by Crippen LogP contribution is -2.43. The van der Waals surface area contributed by atoms with Gasteiger partial charge in [0.1, 0.15) is 11.4 Å². The Morgan fingerprint density at radius 1 is 1.09 bits per heavy atom. The number of hydrogen-bond donors (Lipinski definition) is 2. The minimum atomic E-state index is -0.658. The van der Waals surface area contributed by atoms with E-state index >= 15 is 0 Å². The molecule has 8 nitrogen and oxygen atoms in total. The average Bonchev–Trinajstić information content (AvgIpc) is 2.93. The van der Waals surface area contributed by atoms with Gasteiger partial charge in [-0.05, 0) is 63.3 Å². The van der Waals surface area contributed by atoms with E-state index in [1.54, 1.807) is 31.9 Å². The quantitative estimate of drug-likeness (QED) is 0.400. The van der Waals surface area contributed by atoms with E-state index < -0.39 is 17.5 Å². The SMILES string of the molecule is CC(C)(C)OC(=O)CC1C(=O)N(CC(=O)NCCCCNc2ccccn2)CCc2ccccc21. The first-order valence-electron chi connectivity index (χ1n) is 12.2. The zero-order valence-electron chi connectivity index (χ0n) is 20.9. The molecule has 1 aromatic carbocycles. The molecule has 3 rings (SSSR count). The fraction of sp³-hybridized carbons (Fsp3) is 0.481. The smallest absolute Gasteiger partial charge is 0.307 e. The number of esters is 1. The van der Waals surface area contributed by atoms with Crippen LogP contribution < -0.4 is 10.6 Å². The minimum Gasteiger partial charge on any atom is -0.460 e. The van der Waals surface area contributed by atoms with Crippen LogP contribution in [0.1, 0.15) is 57.1 Å². The topological polar surface area (TPSA) is 101 Å². The Morgan fingerprint density at radius 2 is 1.83 bits per heavy atom. The highest BCUT2D eigenvalue weighted by Gasteiger charge is 2.34. The summed E-state index contributed by atoms with van der Waals surface area (Å²) in [5.74, 6) is -0.656. The van der Waals surface area contributed by atoms with Gasteiger partial charge in [0, 0.05) is 25.8 Å². The molecule has 0 radical (unpaired) electrons. The monoisotopic (exact) mass is 480 g/mol. The second-order valence-corrected chi connectivity index (χ2v) is 9.75. The van der Waals surface area contributed by atoms with Gasteiger partial charge in [0.2, 0.25) is 11.8 Å². The van der Waals surface area contributed by atoms with E-state index in [-0.39, 0.29) is 24.8 Å². The first-order valence-corrected chi connectivity index (χ1v) is 12.2. The average molecular weight is 481 g/mol. The summed E-state index contributed by atoms with van der Waals surface area (Å²) in [6.07, 6.45) is 4.02. The second-order valence-electron chi connectivity index (χ2n) is 9.75. The minimum absolute atomic E-state index is 0.0240. The maximum absolute atomic E-state index is 13.4. The van der Waals surface area contributed by atoms with Crippen LogP contribution >= 0.6 is 0 Å². The van der Waals surface area contributed by atoms with Gasteiger partial charge >= 0.3 is 5.97 Å². The summed E-state index contributed by atoms with van der Waals surface area (Å²) < 4.78 is 5.48. The molecule has 1 aromatic heterocycles. The number of carbonyl (C=O) groups excluding carboxylic acids is 3. The predicted octanol–water partition coefficient (Wildman–Crippen LogP) is 3.29. The second kappa shape index (κ2) is 12.3. The first kappa shape index (κ1) is 26.2. The van der Waals surface area contributed by atoms with Crippen molar-refractivity contribution in [1.29, 1.82) is 0 Å². The number of hydrogen-bond acceptors (Lipinski definition) is 6. The van der Waals surface area contributed by atoms with Crippen molar-refractivity contribution in [3.8, 4) is 0 Å². The lowest BCUT2D eigenvalue weighted by atomic mass is 9.90. The molecule has 1 atom stereocenters. The van der Waals surface area contributed by atoms with E-state index in [9.17, 15) is 14.4 Å². The van der Waals surface area contributed by atoms with E-state index in [4.69, 9.17) is 4.74 Å². The van der Waals surface area contributed by atoms with Crippen LogP contribution in [0.5, 0.6) is 0 Å². The van der Waals surface area contributed by atoms with Gasteiger partial charge in [-0.2, -0.15) is 0 Å². The number of benzene rings is 1. The third-order valence-electron chi connectivity index (χ3n) is 5.71. The van der Waals surface area contributed by atoms with Crippen molar-refractivity contribution in [2.75, 3.05) is 31.5 Å². The Labute approximate surface area is 207 Å². The van der Waals surface area contributed by atoms with E-state index in [1.807, 2.05) is 42.5 Å². The molecular weight excluding hydrogens is 444 g/mol. The number of pyridine rings is 1. The number of fused-ring (bicyclic) bond motifs is 1. The van der Waals surface area contributed by atoms with Crippen molar-refractivity contribution in [2.24, 2.45) is 0 Å². The summed E-state index contributed by atoms with van der Waals surface area (Å²) in [5.41, 5.74) is 1.24. The van der Waals surface area contributed by atoms with Gasteiger partial charge in [-0.1, -0.05) is 30.3 Å². The maximum atomic E-state index is 13.4. The molecule has 2 N–H and O–H groups in total. The summed E-state index contributed by atoms with van der Waals surface area (Å²) in [5, 5.41) is 6.15. The Bertz CT molecular complexity index is 1000. The molecule has 1 aliphatic rings. The Hall–Kier alpha value is -3.42. The first-order chi connectivity index (χ1) is 16.7. The molecule has 0 bridgehead atoms. The zero-order chi connectivity index (χ0) is 25.3. The molecule has 1 unspecified atom stereocenters. The van der Waals surface area contributed by atoms with Crippen LogP contribution in [0.4, 0.5) is 5.82 Å². The maximum Gasteiger partial charge on any atom is 0.307 e. The van der Waals surface area contributed by atoms with Crippen LogP contribution in [-0.4, -0.2) is 59.4 Å². The molecule has 0 aliphatic carbocycles. The molecule has 8 heteroatoms. The Balaban J connectivity index is 1.51. The van der Waals surface area contributed by atoms with Crippen molar-refractivity contribution >= 4 is 23.6 Å². The van der Waals surface area contributed by atoms with Crippen LogP contribution in [0.3, 0.4) is 0 Å². The molecule has 35 heavy (non-hydrogen) atoms. The van der Waals surface area contributed by atoms with Crippen molar-refractivity contribution in [1.82, 2.24) is 15.2 Å². The number of amides is 2.